The van der Waals surface area contributed by atoms with Crippen LogP contribution in [0, 0.1) is 11.8 Å². The Hall–Kier alpha value is -2.18. The average molecular weight is 477 g/mol. The number of hydrogen-bond acceptors (Lipinski definition) is 3. The fourth-order valence-electron chi connectivity index (χ4n) is 4.60. The standard InChI is InChI=1S/C31H40O2S/c1-6-9-10-12-25-22-29-28(31(4,5)19-20-34-29)21-26(25)18-15-23-13-16-24(17-14-23)27(11-7-2)30(32)33-8-3/h13-14,16-17,21-22,27H,6-12,19-20H2,1-5H3. The maximum Gasteiger partial charge on any atom is 0.313 e. The molecule has 0 amide bonds. The molecule has 0 fully saturated rings. The molecule has 0 saturated carbocycles. The van der Waals surface area contributed by atoms with Crippen molar-refractivity contribution in [2.75, 3.05) is 12.4 Å². The monoisotopic (exact) mass is 476 g/mol. The lowest BCUT2D eigenvalue weighted by Gasteiger charge is -2.32. The van der Waals surface area contributed by atoms with Crippen LogP contribution in [-0.2, 0) is 21.4 Å². The van der Waals surface area contributed by atoms with Crippen LogP contribution in [0.4, 0.5) is 0 Å². The van der Waals surface area contributed by atoms with Crippen LogP contribution in [0.15, 0.2) is 41.3 Å². The molecule has 1 aliphatic rings. The number of hydrogen-bond donors (Lipinski definition) is 0. The normalized spacial score (nSPS) is 15.1. The summed E-state index contributed by atoms with van der Waals surface area (Å²) in [5.41, 5.74) is 6.19. The molecule has 3 heteroatoms. The third-order valence-electron chi connectivity index (χ3n) is 6.77. The summed E-state index contributed by atoms with van der Waals surface area (Å²) in [6.45, 7) is 11.3. The minimum atomic E-state index is -0.197. The fourth-order valence-corrected chi connectivity index (χ4v) is 6.15. The minimum Gasteiger partial charge on any atom is -0.466 e. The van der Waals surface area contributed by atoms with E-state index >= 15 is 0 Å². The first kappa shape index (κ1) is 26.4. The van der Waals surface area contributed by atoms with Gasteiger partial charge in [0, 0.05) is 16.0 Å². The van der Waals surface area contributed by atoms with Gasteiger partial charge in [0.05, 0.1) is 12.5 Å². The van der Waals surface area contributed by atoms with Gasteiger partial charge in [0.2, 0.25) is 0 Å². The summed E-state index contributed by atoms with van der Waals surface area (Å²) >= 11 is 2.00. The molecule has 2 aromatic carbocycles. The lowest BCUT2D eigenvalue weighted by molar-refractivity contribution is -0.145. The lowest BCUT2D eigenvalue weighted by atomic mass is 9.80. The van der Waals surface area contributed by atoms with E-state index < -0.39 is 0 Å². The predicted molar refractivity (Wildman–Crippen MR) is 145 cm³/mol. The van der Waals surface area contributed by atoms with E-state index in [2.05, 4.69) is 51.7 Å². The third kappa shape index (κ3) is 6.70. The molecule has 0 aromatic heterocycles. The molecule has 2 nitrogen and oxygen atoms in total. The molecule has 1 heterocycles. The van der Waals surface area contributed by atoms with Gasteiger partial charge in [0.25, 0.3) is 0 Å². The largest absolute Gasteiger partial charge is 0.466 e. The quantitative estimate of drug-likeness (QED) is 0.208. The zero-order valence-corrected chi connectivity index (χ0v) is 22.4. The van der Waals surface area contributed by atoms with Crippen LogP contribution in [0.3, 0.4) is 0 Å². The Bertz CT molecular complexity index is 1020. The highest BCUT2D eigenvalue weighted by Gasteiger charge is 2.28. The van der Waals surface area contributed by atoms with Gasteiger partial charge < -0.3 is 4.74 Å². The first-order valence-corrected chi connectivity index (χ1v) is 14.0. The second-order valence-corrected chi connectivity index (χ2v) is 11.0. The Kier molecular flexibility index (Phi) is 9.72. The molecule has 0 N–H and O–H groups in total. The van der Waals surface area contributed by atoms with Crippen molar-refractivity contribution in [2.45, 2.75) is 95.8 Å². The summed E-state index contributed by atoms with van der Waals surface area (Å²) in [6.07, 6.45) is 7.72. The predicted octanol–water partition coefficient (Wildman–Crippen LogP) is 8.04. The zero-order chi connectivity index (χ0) is 24.6. The summed E-state index contributed by atoms with van der Waals surface area (Å²) < 4.78 is 5.29. The number of thioether (sulfide) groups is 1. The van der Waals surface area contributed by atoms with Crippen LogP contribution in [0.5, 0.6) is 0 Å². The van der Waals surface area contributed by atoms with E-state index in [-0.39, 0.29) is 17.3 Å². The molecule has 0 bridgehead atoms. The highest BCUT2D eigenvalue weighted by molar-refractivity contribution is 7.99. The van der Waals surface area contributed by atoms with Crippen LogP contribution in [0.25, 0.3) is 0 Å². The molecule has 0 radical (unpaired) electrons. The molecule has 0 aliphatic carbocycles. The van der Waals surface area contributed by atoms with Gasteiger partial charge in [0.15, 0.2) is 0 Å². The molecule has 0 spiro atoms. The van der Waals surface area contributed by atoms with Crippen molar-refractivity contribution in [1.82, 2.24) is 0 Å². The summed E-state index contributed by atoms with van der Waals surface area (Å²) in [5, 5.41) is 0. The average Bonchev–Trinajstić information content (AvgIpc) is 2.82. The van der Waals surface area contributed by atoms with Gasteiger partial charge in [-0.25, -0.2) is 0 Å². The van der Waals surface area contributed by atoms with Gasteiger partial charge in [-0.3, -0.25) is 4.79 Å². The van der Waals surface area contributed by atoms with E-state index in [0.29, 0.717) is 6.61 Å². The van der Waals surface area contributed by atoms with Gasteiger partial charge in [-0.1, -0.05) is 70.9 Å². The Morgan fingerprint density at radius 2 is 1.82 bits per heavy atom. The Morgan fingerprint density at radius 3 is 2.50 bits per heavy atom. The van der Waals surface area contributed by atoms with Crippen molar-refractivity contribution in [2.24, 2.45) is 0 Å². The Labute approximate surface area is 211 Å². The van der Waals surface area contributed by atoms with Gasteiger partial charge in [-0.15, -0.1) is 11.8 Å². The van der Waals surface area contributed by atoms with Gasteiger partial charge in [0.1, 0.15) is 0 Å². The van der Waals surface area contributed by atoms with Crippen molar-refractivity contribution in [3.05, 3.63) is 64.2 Å². The fraction of sp³-hybridized carbons (Fsp3) is 0.516. The number of aryl methyl sites for hydroxylation is 1. The number of unbranched alkanes of at least 4 members (excludes halogenated alkanes) is 2. The Balaban J connectivity index is 1.89. The molecule has 1 atom stereocenters. The minimum absolute atomic E-state index is 0.130. The van der Waals surface area contributed by atoms with Gasteiger partial charge in [-0.05, 0) is 84.7 Å². The van der Waals surface area contributed by atoms with Crippen molar-refractivity contribution in [3.8, 4) is 11.8 Å². The van der Waals surface area contributed by atoms with Crippen LogP contribution in [0.2, 0.25) is 0 Å². The molecular weight excluding hydrogens is 436 g/mol. The third-order valence-corrected chi connectivity index (χ3v) is 7.83. The highest BCUT2D eigenvalue weighted by Crippen LogP contribution is 2.42. The number of esters is 1. The van der Waals surface area contributed by atoms with Crippen LogP contribution in [-0.4, -0.2) is 18.3 Å². The second-order valence-electron chi connectivity index (χ2n) is 9.91. The lowest BCUT2D eigenvalue weighted by Crippen LogP contribution is -2.23. The van der Waals surface area contributed by atoms with Crippen molar-refractivity contribution in [1.29, 1.82) is 0 Å². The summed E-state index contributed by atoms with van der Waals surface area (Å²) in [7, 11) is 0. The maximum absolute atomic E-state index is 12.4. The number of benzene rings is 2. The summed E-state index contributed by atoms with van der Waals surface area (Å²) in [5.74, 6) is 7.78. The van der Waals surface area contributed by atoms with E-state index in [1.807, 2.05) is 43.0 Å². The molecule has 3 rings (SSSR count). The van der Waals surface area contributed by atoms with Gasteiger partial charge in [-0.2, -0.15) is 0 Å². The number of ether oxygens (including phenoxy) is 1. The molecular formula is C31H40O2S. The molecule has 182 valence electrons. The van der Waals surface area contributed by atoms with Crippen molar-refractivity contribution in [3.63, 3.8) is 0 Å². The number of carbonyl (C=O) groups is 1. The van der Waals surface area contributed by atoms with E-state index in [4.69, 9.17) is 4.74 Å². The van der Waals surface area contributed by atoms with Crippen LogP contribution >= 0.6 is 11.8 Å². The van der Waals surface area contributed by atoms with E-state index in [1.165, 1.54) is 53.0 Å². The second kappa shape index (κ2) is 12.5. The van der Waals surface area contributed by atoms with Crippen molar-refractivity contribution < 1.29 is 9.53 Å². The van der Waals surface area contributed by atoms with Crippen LogP contribution < -0.4 is 0 Å². The molecule has 34 heavy (non-hydrogen) atoms. The van der Waals surface area contributed by atoms with Crippen molar-refractivity contribution >= 4 is 17.7 Å². The molecule has 1 aliphatic heterocycles. The molecule has 1 unspecified atom stereocenters. The van der Waals surface area contributed by atoms with Crippen LogP contribution in [0.1, 0.15) is 107 Å². The molecule has 0 saturated heterocycles. The zero-order valence-electron chi connectivity index (χ0n) is 21.6. The van der Waals surface area contributed by atoms with Gasteiger partial charge >= 0.3 is 5.97 Å². The van der Waals surface area contributed by atoms with E-state index in [0.717, 1.165) is 30.4 Å². The topological polar surface area (TPSA) is 26.3 Å². The number of carbonyl (C=O) groups excluding carboxylic acids is 1. The smallest absolute Gasteiger partial charge is 0.313 e. The summed E-state index contributed by atoms with van der Waals surface area (Å²) in [6, 6.07) is 12.9. The van der Waals surface area contributed by atoms with E-state index in [1.54, 1.807) is 0 Å². The first-order valence-electron chi connectivity index (χ1n) is 13.0. The number of rotatable bonds is 9. The summed E-state index contributed by atoms with van der Waals surface area (Å²) in [4.78, 5) is 13.8. The van der Waals surface area contributed by atoms with E-state index in [9.17, 15) is 4.79 Å². The molecule has 2 aromatic rings. The first-order chi connectivity index (χ1) is 16.4. The number of fused-ring (bicyclic) bond motifs is 1. The SMILES string of the molecule is CCCCCc1cc2c(cc1C#Cc1ccc(C(CCC)C(=O)OCC)cc1)C(C)(C)CCS2. The maximum atomic E-state index is 12.4. The Morgan fingerprint density at radius 1 is 1.06 bits per heavy atom. The highest BCUT2D eigenvalue weighted by atomic mass is 32.2.